The van der Waals surface area contributed by atoms with Crippen LogP contribution in [0, 0.1) is 0 Å². The molecule has 0 saturated carbocycles. The third-order valence-electron chi connectivity index (χ3n) is 5.90. The second kappa shape index (κ2) is 8.48. The zero-order chi connectivity index (χ0) is 22.1. The van der Waals surface area contributed by atoms with E-state index in [1.807, 2.05) is 73.6 Å². The molecule has 1 aliphatic rings. The Bertz CT molecular complexity index is 1310. The number of fused-ring (bicyclic) bond motifs is 1. The summed E-state index contributed by atoms with van der Waals surface area (Å²) in [6.45, 7) is 3.07. The lowest BCUT2D eigenvalue weighted by atomic mass is 10.0. The van der Waals surface area contributed by atoms with E-state index in [0.717, 1.165) is 46.8 Å². The van der Waals surface area contributed by atoms with Gasteiger partial charge in [-0.15, -0.1) is 0 Å². The number of rotatable bonds is 4. The maximum absolute atomic E-state index is 13.6. The number of hydrogen-bond donors (Lipinski definition) is 0. The fraction of sp³-hybridized carbons (Fsp3) is 0.231. The summed E-state index contributed by atoms with van der Waals surface area (Å²) in [4.78, 5) is 17.9. The van der Waals surface area contributed by atoms with E-state index in [1.165, 1.54) is 0 Å². The van der Waals surface area contributed by atoms with Crippen LogP contribution in [0.2, 0.25) is 0 Å². The second-order valence-corrected chi connectivity index (χ2v) is 8.14. The largest absolute Gasteiger partial charge is 0.378 e. The summed E-state index contributed by atoms with van der Waals surface area (Å²) in [7, 11) is 3.97. The second-order valence-electron chi connectivity index (χ2n) is 8.14. The molecule has 0 amide bonds. The lowest BCUT2D eigenvalue weighted by Gasteiger charge is -2.30. The SMILES string of the molecule is CN(C)c1ccc(N2CCOCC2)cc1-n1nc(-c2ccccc2)c2ccccc2c1=O. The van der Waals surface area contributed by atoms with Crippen molar-refractivity contribution in [3.63, 3.8) is 0 Å². The molecule has 0 unspecified atom stereocenters. The first-order valence-corrected chi connectivity index (χ1v) is 10.9. The molecule has 162 valence electrons. The summed E-state index contributed by atoms with van der Waals surface area (Å²) >= 11 is 0. The average molecular weight is 427 g/mol. The number of hydrogen-bond acceptors (Lipinski definition) is 5. The zero-order valence-electron chi connectivity index (χ0n) is 18.4. The molecule has 32 heavy (non-hydrogen) atoms. The van der Waals surface area contributed by atoms with Crippen LogP contribution < -0.4 is 15.4 Å². The third-order valence-corrected chi connectivity index (χ3v) is 5.90. The van der Waals surface area contributed by atoms with Crippen molar-refractivity contribution in [1.82, 2.24) is 9.78 Å². The number of aromatic nitrogens is 2. The number of benzene rings is 3. The van der Waals surface area contributed by atoms with E-state index in [2.05, 4.69) is 23.1 Å². The van der Waals surface area contributed by atoms with Gasteiger partial charge in [0.15, 0.2) is 0 Å². The van der Waals surface area contributed by atoms with Gasteiger partial charge in [-0.2, -0.15) is 9.78 Å². The first-order valence-electron chi connectivity index (χ1n) is 10.9. The number of anilines is 2. The molecule has 6 nitrogen and oxygen atoms in total. The van der Waals surface area contributed by atoms with Crippen molar-refractivity contribution in [1.29, 1.82) is 0 Å². The van der Waals surface area contributed by atoms with Gasteiger partial charge < -0.3 is 14.5 Å². The lowest BCUT2D eigenvalue weighted by molar-refractivity contribution is 0.122. The van der Waals surface area contributed by atoms with Crippen LogP contribution in [0.3, 0.4) is 0 Å². The van der Waals surface area contributed by atoms with E-state index in [0.29, 0.717) is 18.6 Å². The molecule has 0 aliphatic carbocycles. The predicted molar refractivity (Wildman–Crippen MR) is 130 cm³/mol. The minimum absolute atomic E-state index is 0.123. The Morgan fingerprint density at radius 3 is 2.28 bits per heavy atom. The van der Waals surface area contributed by atoms with Gasteiger partial charge in [0.1, 0.15) is 0 Å². The third kappa shape index (κ3) is 3.63. The van der Waals surface area contributed by atoms with Crippen molar-refractivity contribution in [2.24, 2.45) is 0 Å². The Morgan fingerprint density at radius 2 is 1.56 bits per heavy atom. The van der Waals surface area contributed by atoms with Gasteiger partial charge in [0.25, 0.3) is 5.56 Å². The van der Waals surface area contributed by atoms with Crippen molar-refractivity contribution in [2.45, 2.75) is 0 Å². The highest BCUT2D eigenvalue weighted by molar-refractivity contribution is 5.94. The highest BCUT2D eigenvalue weighted by Gasteiger charge is 2.19. The Morgan fingerprint density at radius 1 is 0.875 bits per heavy atom. The van der Waals surface area contributed by atoms with Crippen LogP contribution >= 0.6 is 0 Å². The van der Waals surface area contributed by atoms with Crippen molar-refractivity contribution in [3.05, 3.63) is 83.2 Å². The van der Waals surface area contributed by atoms with Crippen molar-refractivity contribution >= 4 is 22.1 Å². The zero-order valence-corrected chi connectivity index (χ0v) is 18.4. The molecular formula is C26H26N4O2. The van der Waals surface area contributed by atoms with Gasteiger partial charge in [0.05, 0.1) is 35.7 Å². The van der Waals surface area contributed by atoms with Gasteiger partial charge in [0, 0.05) is 43.8 Å². The van der Waals surface area contributed by atoms with Crippen LogP contribution in [-0.2, 0) is 4.74 Å². The van der Waals surface area contributed by atoms with Crippen LogP contribution in [0.4, 0.5) is 11.4 Å². The molecule has 4 aromatic rings. The molecule has 2 heterocycles. The molecule has 1 saturated heterocycles. The highest BCUT2D eigenvalue weighted by atomic mass is 16.5. The average Bonchev–Trinajstić information content (AvgIpc) is 2.85. The molecule has 1 fully saturated rings. The van der Waals surface area contributed by atoms with Crippen LogP contribution in [0.25, 0.3) is 27.7 Å². The maximum atomic E-state index is 13.6. The molecule has 0 atom stereocenters. The fourth-order valence-electron chi connectivity index (χ4n) is 4.24. The van der Waals surface area contributed by atoms with Gasteiger partial charge in [-0.3, -0.25) is 4.79 Å². The molecule has 3 aromatic carbocycles. The first-order chi connectivity index (χ1) is 15.6. The molecule has 0 N–H and O–H groups in total. The quantitative estimate of drug-likeness (QED) is 0.495. The number of ether oxygens (including phenoxy) is 1. The van der Waals surface area contributed by atoms with Gasteiger partial charge in [-0.1, -0.05) is 48.5 Å². The fourth-order valence-corrected chi connectivity index (χ4v) is 4.24. The smallest absolute Gasteiger partial charge is 0.279 e. The van der Waals surface area contributed by atoms with Crippen LogP contribution in [0.5, 0.6) is 0 Å². The molecule has 1 aliphatic heterocycles. The van der Waals surface area contributed by atoms with Gasteiger partial charge >= 0.3 is 0 Å². The number of morpholine rings is 1. The van der Waals surface area contributed by atoms with Crippen molar-refractivity contribution < 1.29 is 4.74 Å². The molecule has 0 bridgehead atoms. The van der Waals surface area contributed by atoms with E-state index < -0.39 is 0 Å². The Labute approximate surface area is 187 Å². The van der Waals surface area contributed by atoms with E-state index in [4.69, 9.17) is 9.84 Å². The molecular weight excluding hydrogens is 400 g/mol. The summed E-state index contributed by atoms with van der Waals surface area (Å²) in [5.41, 5.74) is 4.42. The maximum Gasteiger partial charge on any atom is 0.279 e. The Kier molecular flexibility index (Phi) is 5.37. The molecule has 0 radical (unpaired) electrons. The summed E-state index contributed by atoms with van der Waals surface area (Å²) in [6, 6.07) is 24.0. The Balaban J connectivity index is 1.77. The van der Waals surface area contributed by atoms with E-state index in [9.17, 15) is 4.79 Å². The predicted octanol–water partition coefficient (Wildman–Crippen LogP) is 3.96. The molecule has 0 spiro atoms. The standard InChI is InChI=1S/C26H26N4O2/c1-28(2)23-13-12-20(29-14-16-32-17-15-29)18-24(23)30-26(31)22-11-7-6-10-21(22)25(27-30)19-8-4-3-5-9-19/h3-13,18H,14-17H2,1-2H3. The lowest BCUT2D eigenvalue weighted by Crippen LogP contribution is -2.36. The van der Waals surface area contributed by atoms with E-state index in [1.54, 1.807) is 4.68 Å². The molecule has 1 aromatic heterocycles. The summed E-state index contributed by atoms with van der Waals surface area (Å²) in [6.07, 6.45) is 0. The van der Waals surface area contributed by atoms with Gasteiger partial charge in [0.2, 0.25) is 0 Å². The number of nitrogens with zero attached hydrogens (tertiary/aromatic N) is 4. The van der Waals surface area contributed by atoms with Gasteiger partial charge in [-0.05, 0) is 24.3 Å². The summed E-state index contributed by atoms with van der Waals surface area (Å²) in [5.74, 6) is 0. The van der Waals surface area contributed by atoms with Crippen LogP contribution in [0.1, 0.15) is 0 Å². The van der Waals surface area contributed by atoms with E-state index in [-0.39, 0.29) is 5.56 Å². The highest BCUT2D eigenvalue weighted by Crippen LogP contribution is 2.30. The topological polar surface area (TPSA) is 50.6 Å². The summed E-state index contributed by atoms with van der Waals surface area (Å²) in [5, 5.41) is 6.42. The minimum Gasteiger partial charge on any atom is -0.378 e. The van der Waals surface area contributed by atoms with Crippen molar-refractivity contribution in [2.75, 3.05) is 50.2 Å². The Hall–Kier alpha value is -3.64. The molecule has 6 heteroatoms. The monoisotopic (exact) mass is 426 g/mol. The van der Waals surface area contributed by atoms with E-state index >= 15 is 0 Å². The molecule has 5 rings (SSSR count). The normalized spacial score (nSPS) is 14.0. The minimum atomic E-state index is -0.123. The van der Waals surface area contributed by atoms with Gasteiger partial charge in [-0.25, -0.2) is 0 Å². The first kappa shape index (κ1) is 20.3. The summed E-state index contributed by atoms with van der Waals surface area (Å²) < 4.78 is 7.07. The van der Waals surface area contributed by atoms with Crippen LogP contribution in [-0.4, -0.2) is 50.2 Å². The van der Waals surface area contributed by atoms with Crippen molar-refractivity contribution in [3.8, 4) is 16.9 Å². The van der Waals surface area contributed by atoms with Crippen LogP contribution in [0.15, 0.2) is 77.6 Å².